The van der Waals surface area contributed by atoms with E-state index >= 15 is 0 Å². The van der Waals surface area contributed by atoms with Crippen LogP contribution in [-0.4, -0.2) is 18.1 Å². The van der Waals surface area contributed by atoms with Gasteiger partial charge in [-0.1, -0.05) is 24.3 Å². The normalized spacial score (nSPS) is 12.4. The number of aromatic nitrogens is 1. The largest absolute Gasteiger partial charge is 0.452 e. The Hall–Kier alpha value is -2.88. The number of nitrogens with zero attached hydrogens (tertiary/aromatic N) is 1. The van der Waals surface area contributed by atoms with E-state index in [0.29, 0.717) is 0 Å². The predicted octanol–water partition coefficient (Wildman–Crippen LogP) is 2.83. The van der Waals surface area contributed by atoms with E-state index in [0.717, 1.165) is 52.1 Å². The lowest BCUT2D eigenvalue weighted by molar-refractivity contribution is -0.496. The van der Waals surface area contributed by atoms with Crippen LogP contribution in [0.25, 0.3) is 33.3 Å². The minimum absolute atomic E-state index is 0.798. The maximum Gasteiger partial charge on any atom is 0.205 e. The first kappa shape index (κ1) is 15.6. The van der Waals surface area contributed by atoms with Gasteiger partial charge in [0.05, 0.1) is 6.07 Å². The summed E-state index contributed by atoms with van der Waals surface area (Å²) < 4.78 is 6.24. The van der Waals surface area contributed by atoms with Gasteiger partial charge in [-0.25, -0.2) is 9.98 Å². The van der Waals surface area contributed by atoms with Crippen LogP contribution in [0.3, 0.4) is 0 Å². The third-order valence-corrected chi connectivity index (χ3v) is 4.47. The molecule has 0 bridgehead atoms. The molecular weight excluding hydrogens is 310 g/mol. The standard InChI is InChI=1S/C21H21N3O/c1-4-22-16-11-19-18(10-13(16)3)24-21-15-9-7-6-8-14(15)17(23-5-2)12-20(21)25-19/h6-12,23H,4-5H2,1-3H3/p+1. The van der Waals surface area contributed by atoms with Gasteiger partial charge in [-0.05, 0) is 26.8 Å². The van der Waals surface area contributed by atoms with Crippen molar-refractivity contribution >= 4 is 27.6 Å². The molecule has 2 aromatic rings. The van der Waals surface area contributed by atoms with Gasteiger partial charge in [0.25, 0.3) is 0 Å². The fourth-order valence-corrected chi connectivity index (χ4v) is 3.33. The van der Waals surface area contributed by atoms with Gasteiger partial charge in [0.15, 0.2) is 11.3 Å². The fourth-order valence-electron chi connectivity index (χ4n) is 3.33. The van der Waals surface area contributed by atoms with Crippen LogP contribution in [0.15, 0.2) is 46.9 Å². The van der Waals surface area contributed by atoms with Crippen molar-refractivity contribution in [3.05, 3.63) is 53.4 Å². The molecule has 4 heteroatoms. The molecule has 4 rings (SSSR count). The Labute approximate surface area is 146 Å². The van der Waals surface area contributed by atoms with Gasteiger partial charge in [-0.15, -0.1) is 0 Å². The Bertz CT molecular complexity index is 1110. The molecule has 1 aliphatic heterocycles. The van der Waals surface area contributed by atoms with Crippen LogP contribution in [0.5, 0.6) is 0 Å². The second-order valence-corrected chi connectivity index (χ2v) is 6.23. The summed E-state index contributed by atoms with van der Waals surface area (Å²) in [7, 11) is 0. The molecule has 2 aliphatic rings. The molecule has 0 atom stereocenters. The van der Waals surface area contributed by atoms with Crippen LogP contribution < -0.4 is 15.7 Å². The van der Waals surface area contributed by atoms with Gasteiger partial charge < -0.3 is 9.73 Å². The van der Waals surface area contributed by atoms with Crippen molar-refractivity contribution in [2.75, 3.05) is 18.4 Å². The van der Waals surface area contributed by atoms with E-state index in [1.54, 1.807) is 0 Å². The van der Waals surface area contributed by atoms with E-state index in [1.807, 2.05) is 12.1 Å². The predicted molar refractivity (Wildman–Crippen MR) is 102 cm³/mol. The fraction of sp³-hybridized carbons (Fsp3) is 0.238. The average molecular weight is 332 g/mol. The molecule has 0 aromatic heterocycles. The third-order valence-electron chi connectivity index (χ3n) is 4.47. The monoisotopic (exact) mass is 332 g/mol. The molecule has 0 saturated carbocycles. The quantitative estimate of drug-likeness (QED) is 0.448. The summed E-state index contributed by atoms with van der Waals surface area (Å²) in [5.74, 6) is 0.798. The molecule has 4 nitrogen and oxygen atoms in total. The zero-order valence-corrected chi connectivity index (χ0v) is 14.8. The molecular formula is C21H22N3O+. The van der Waals surface area contributed by atoms with Crippen LogP contribution in [0.1, 0.15) is 19.4 Å². The molecule has 2 N–H and O–H groups in total. The number of hydrogen-bond acceptors (Lipinski definition) is 3. The number of hydrogen-bond donors (Lipinski definition) is 2. The summed E-state index contributed by atoms with van der Waals surface area (Å²) >= 11 is 0. The zero-order valence-electron chi connectivity index (χ0n) is 14.8. The number of aryl methyl sites for hydroxylation is 1. The van der Waals surface area contributed by atoms with Gasteiger partial charge in [0.2, 0.25) is 5.36 Å². The molecule has 0 fully saturated rings. The summed E-state index contributed by atoms with van der Waals surface area (Å²) in [4.78, 5) is 8.30. The molecule has 2 aromatic carbocycles. The molecule has 1 aliphatic carbocycles. The average Bonchev–Trinajstić information content (AvgIpc) is 2.62. The van der Waals surface area contributed by atoms with Gasteiger partial charge in [-0.3, -0.25) is 0 Å². The lowest BCUT2D eigenvalue weighted by Gasteiger charge is -2.12. The summed E-state index contributed by atoms with van der Waals surface area (Å²) in [6.45, 7) is 8.02. The lowest BCUT2D eigenvalue weighted by Crippen LogP contribution is -2.76. The zero-order chi connectivity index (χ0) is 17.4. The number of benzene rings is 3. The van der Waals surface area contributed by atoms with Crippen molar-refractivity contribution in [2.45, 2.75) is 20.8 Å². The molecule has 0 saturated heterocycles. The Balaban J connectivity index is 2.11. The first-order valence-electron chi connectivity index (χ1n) is 8.79. The number of rotatable bonds is 3. The van der Waals surface area contributed by atoms with Crippen LogP contribution in [0.2, 0.25) is 0 Å². The second kappa shape index (κ2) is 6.20. The number of nitrogens with one attached hydrogen (secondary N) is 2. The van der Waals surface area contributed by atoms with Gasteiger partial charge in [-0.2, -0.15) is 0 Å². The number of fused-ring (bicyclic) bond motifs is 4. The first-order chi connectivity index (χ1) is 12.2. The van der Waals surface area contributed by atoms with Crippen molar-refractivity contribution in [3.63, 3.8) is 0 Å². The van der Waals surface area contributed by atoms with Gasteiger partial charge in [0.1, 0.15) is 17.8 Å². The van der Waals surface area contributed by atoms with Crippen LogP contribution in [-0.2, 0) is 0 Å². The maximum atomic E-state index is 6.24. The SMILES string of the molecule is CCNc1cc2oc3cc(=[NH+]CC)c(C)cc-3nc2c2ccccc12. The minimum atomic E-state index is 0.798. The van der Waals surface area contributed by atoms with E-state index in [1.165, 1.54) is 10.9 Å². The highest BCUT2D eigenvalue weighted by Crippen LogP contribution is 2.34. The molecule has 0 unspecified atom stereocenters. The maximum absolute atomic E-state index is 6.24. The molecule has 25 heavy (non-hydrogen) atoms. The highest BCUT2D eigenvalue weighted by atomic mass is 16.3. The highest BCUT2D eigenvalue weighted by Gasteiger charge is 2.15. The minimum Gasteiger partial charge on any atom is -0.452 e. The summed E-state index contributed by atoms with van der Waals surface area (Å²) in [5, 5.41) is 6.79. The van der Waals surface area contributed by atoms with Crippen molar-refractivity contribution in [1.29, 1.82) is 0 Å². The smallest absolute Gasteiger partial charge is 0.205 e. The molecule has 126 valence electrons. The van der Waals surface area contributed by atoms with Crippen molar-refractivity contribution in [1.82, 2.24) is 4.98 Å². The van der Waals surface area contributed by atoms with Gasteiger partial charge >= 0.3 is 0 Å². The molecule has 0 radical (unpaired) electrons. The third kappa shape index (κ3) is 2.64. The van der Waals surface area contributed by atoms with E-state index in [4.69, 9.17) is 9.40 Å². The Morgan fingerprint density at radius 2 is 1.88 bits per heavy atom. The summed E-state index contributed by atoms with van der Waals surface area (Å²) in [5.41, 5.74) is 4.83. The topological polar surface area (TPSA) is 52.0 Å². The number of anilines is 1. The van der Waals surface area contributed by atoms with Crippen molar-refractivity contribution < 1.29 is 9.41 Å². The Morgan fingerprint density at radius 1 is 1.08 bits per heavy atom. The van der Waals surface area contributed by atoms with Crippen molar-refractivity contribution in [2.24, 2.45) is 0 Å². The molecule has 0 amide bonds. The van der Waals surface area contributed by atoms with E-state index in [9.17, 15) is 0 Å². The van der Waals surface area contributed by atoms with Gasteiger partial charge in [0, 0.05) is 34.6 Å². The van der Waals surface area contributed by atoms with E-state index in [-0.39, 0.29) is 0 Å². The van der Waals surface area contributed by atoms with E-state index in [2.05, 4.69) is 61.4 Å². The molecule has 0 spiro atoms. The second-order valence-electron chi connectivity index (χ2n) is 6.23. The Morgan fingerprint density at radius 3 is 2.64 bits per heavy atom. The summed E-state index contributed by atoms with van der Waals surface area (Å²) in [6, 6.07) is 14.5. The van der Waals surface area contributed by atoms with Crippen LogP contribution in [0.4, 0.5) is 5.69 Å². The lowest BCUT2D eigenvalue weighted by atomic mass is 10.1. The van der Waals surface area contributed by atoms with E-state index < -0.39 is 0 Å². The highest BCUT2D eigenvalue weighted by molar-refractivity contribution is 6.10. The summed E-state index contributed by atoms with van der Waals surface area (Å²) in [6.07, 6.45) is 0. The molecule has 1 heterocycles. The van der Waals surface area contributed by atoms with Crippen molar-refractivity contribution in [3.8, 4) is 11.5 Å². The van der Waals surface area contributed by atoms with Crippen LogP contribution in [0, 0.1) is 6.92 Å². The Kier molecular flexibility index (Phi) is 3.88. The first-order valence-corrected chi connectivity index (χ1v) is 8.79. The van der Waals surface area contributed by atoms with Crippen LogP contribution >= 0.6 is 0 Å².